The summed E-state index contributed by atoms with van der Waals surface area (Å²) < 4.78 is 11.6. The SMILES string of the molecule is O=C1CCC2(CCN(CCCOc3ccccc3)CC2)CN1CC1CCCO1. The number of likely N-dealkylation sites (tertiary alicyclic amines) is 2. The molecular weight excluding hydrogens is 352 g/mol. The number of hydrogen-bond acceptors (Lipinski definition) is 4. The van der Waals surface area contributed by atoms with Gasteiger partial charge in [-0.25, -0.2) is 0 Å². The number of para-hydroxylation sites is 1. The zero-order valence-electron chi connectivity index (χ0n) is 17.0. The minimum absolute atomic E-state index is 0.267. The van der Waals surface area contributed by atoms with Gasteiger partial charge < -0.3 is 19.3 Å². The van der Waals surface area contributed by atoms with Crippen LogP contribution in [0.25, 0.3) is 0 Å². The Labute approximate surface area is 169 Å². The Kier molecular flexibility index (Phi) is 6.53. The fourth-order valence-corrected chi connectivity index (χ4v) is 4.96. The van der Waals surface area contributed by atoms with Crippen molar-refractivity contribution in [2.24, 2.45) is 5.41 Å². The van der Waals surface area contributed by atoms with Gasteiger partial charge in [-0.2, -0.15) is 0 Å². The van der Waals surface area contributed by atoms with E-state index in [4.69, 9.17) is 9.47 Å². The van der Waals surface area contributed by atoms with Crippen LogP contribution in [0.3, 0.4) is 0 Å². The van der Waals surface area contributed by atoms with Crippen molar-refractivity contribution >= 4 is 5.91 Å². The molecule has 0 aromatic heterocycles. The number of rotatable bonds is 7. The third kappa shape index (κ3) is 5.06. The molecule has 4 rings (SSSR count). The van der Waals surface area contributed by atoms with Crippen molar-refractivity contribution in [2.45, 2.75) is 51.0 Å². The van der Waals surface area contributed by atoms with Crippen LogP contribution in [0, 0.1) is 5.41 Å². The van der Waals surface area contributed by atoms with Gasteiger partial charge in [-0.3, -0.25) is 4.79 Å². The number of amides is 1. The van der Waals surface area contributed by atoms with Gasteiger partial charge in [0.05, 0.1) is 12.7 Å². The first-order valence-electron chi connectivity index (χ1n) is 11.0. The molecule has 1 unspecified atom stereocenters. The molecule has 1 amide bonds. The van der Waals surface area contributed by atoms with Crippen LogP contribution in [0.15, 0.2) is 30.3 Å². The molecule has 3 aliphatic rings. The zero-order valence-corrected chi connectivity index (χ0v) is 17.0. The van der Waals surface area contributed by atoms with E-state index in [1.54, 1.807) is 0 Å². The second-order valence-electron chi connectivity index (χ2n) is 8.77. The molecule has 28 heavy (non-hydrogen) atoms. The lowest BCUT2D eigenvalue weighted by Gasteiger charge is -2.48. The summed E-state index contributed by atoms with van der Waals surface area (Å²) in [5.74, 6) is 1.29. The molecule has 3 fully saturated rings. The van der Waals surface area contributed by atoms with Gasteiger partial charge in [0.25, 0.3) is 0 Å². The van der Waals surface area contributed by atoms with Crippen molar-refractivity contribution in [1.29, 1.82) is 0 Å². The summed E-state index contributed by atoms with van der Waals surface area (Å²) in [7, 11) is 0. The minimum Gasteiger partial charge on any atom is -0.494 e. The molecule has 0 radical (unpaired) electrons. The highest BCUT2D eigenvalue weighted by Crippen LogP contribution is 2.40. The number of piperidine rings is 2. The highest BCUT2D eigenvalue weighted by molar-refractivity contribution is 5.77. The van der Waals surface area contributed by atoms with Crippen LogP contribution in [-0.4, -0.2) is 67.7 Å². The van der Waals surface area contributed by atoms with E-state index in [1.165, 1.54) is 12.8 Å². The van der Waals surface area contributed by atoms with Crippen molar-refractivity contribution in [3.8, 4) is 5.75 Å². The average Bonchev–Trinajstić information content (AvgIpc) is 3.24. The monoisotopic (exact) mass is 386 g/mol. The largest absolute Gasteiger partial charge is 0.494 e. The predicted molar refractivity (Wildman–Crippen MR) is 109 cm³/mol. The van der Waals surface area contributed by atoms with E-state index in [9.17, 15) is 4.79 Å². The van der Waals surface area contributed by atoms with E-state index < -0.39 is 0 Å². The molecule has 0 saturated carbocycles. The van der Waals surface area contributed by atoms with Crippen LogP contribution in [0.5, 0.6) is 5.75 Å². The zero-order chi connectivity index (χ0) is 19.2. The number of ether oxygens (including phenoxy) is 2. The normalized spacial score (nSPS) is 25.4. The van der Waals surface area contributed by atoms with E-state index in [1.807, 2.05) is 30.3 Å². The van der Waals surface area contributed by atoms with Gasteiger partial charge in [0.1, 0.15) is 5.75 Å². The van der Waals surface area contributed by atoms with Gasteiger partial charge in [-0.1, -0.05) is 18.2 Å². The van der Waals surface area contributed by atoms with E-state index in [2.05, 4.69) is 9.80 Å². The van der Waals surface area contributed by atoms with Crippen LogP contribution in [-0.2, 0) is 9.53 Å². The quantitative estimate of drug-likeness (QED) is 0.674. The van der Waals surface area contributed by atoms with Crippen molar-refractivity contribution < 1.29 is 14.3 Å². The van der Waals surface area contributed by atoms with Crippen molar-refractivity contribution in [3.05, 3.63) is 30.3 Å². The Balaban J connectivity index is 1.19. The molecule has 0 N–H and O–H groups in total. The molecule has 3 saturated heterocycles. The molecule has 1 aromatic carbocycles. The Morgan fingerprint density at radius 1 is 1.14 bits per heavy atom. The lowest BCUT2D eigenvalue weighted by Crippen LogP contribution is -2.53. The maximum Gasteiger partial charge on any atom is 0.222 e. The molecule has 154 valence electrons. The Bertz CT molecular complexity index is 622. The lowest BCUT2D eigenvalue weighted by atomic mass is 9.72. The fourth-order valence-electron chi connectivity index (χ4n) is 4.96. The number of carbonyl (C=O) groups is 1. The lowest BCUT2D eigenvalue weighted by molar-refractivity contribution is -0.141. The summed E-state index contributed by atoms with van der Waals surface area (Å²) in [4.78, 5) is 17.1. The number of carbonyl (C=O) groups excluding carboxylic acids is 1. The van der Waals surface area contributed by atoms with Crippen LogP contribution in [0.4, 0.5) is 0 Å². The van der Waals surface area contributed by atoms with Gasteiger partial charge in [0, 0.05) is 32.7 Å². The van der Waals surface area contributed by atoms with Crippen LogP contribution < -0.4 is 4.74 Å². The molecule has 1 spiro atoms. The van der Waals surface area contributed by atoms with E-state index in [-0.39, 0.29) is 6.10 Å². The molecule has 5 heteroatoms. The van der Waals surface area contributed by atoms with Gasteiger partial charge in [-0.15, -0.1) is 0 Å². The summed E-state index contributed by atoms with van der Waals surface area (Å²) in [6.07, 6.45) is 7.78. The number of nitrogens with zero attached hydrogens (tertiary/aromatic N) is 2. The molecule has 3 aliphatic heterocycles. The van der Waals surface area contributed by atoms with Crippen molar-refractivity contribution in [3.63, 3.8) is 0 Å². The van der Waals surface area contributed by atoms with Gasteiger partial charge in [-0.05, 0) is 69.2 Å². The number of hydrogen-bond donors (Lipinski definition) is 0. The first kappa shape index (κ1) is 19.7. The summed E-state index contributed by atoms with van der Waals surface area (Å²) >= 11 is 0. The van der Waals surface area contributed by atoms with Crippen molar-refractivity contribution in [1.82, 2.24) is 9.80 Å². The molecule has 5 nitrogen and oxygen atoms in total. The Morgan fingerprint density at radius 2 is 1.96 bits per heavy atom. The third-order valence-electron chi connectivity index (χ3n) is 6.74. The maximum absolute atomic E-state index is 12.4. The average molecular weight is 387 g/mol. The Hall–Kier alpha value is -1.59. The van der Waals surface area contributed by atoms with Crippen molar-refractivity contribution in [2.75, 3.05) is 45.9 Å². The molecule has 3 heterocycles. The summed E-state index contributed by atoms with van der Waals surface area (Å²) in [5, 5.41) is 0. The fraction of sp³-hybridized carbons (Fsp3) is 0.696. The molecule has 1 aromatic rings. The predicted octanol–water partition coefficient (Wildman–Crippen LogP) is 3.34. The second kappa shape index (κ2) is 9.27. The first-order chi connectivity index (χ1) is 13.7. The van der Waals surface area contributed by atoms with Gasteiger partial charge in [0.15, 0.2) is 0 Å². The van der Waals surface area contributed by atoms with E-state index >= 15 is 0 Å². The first-order valence-corrected chi connectivity index (χ1v) is 11.0. The topological polar surface area (TPSA) is 42.0 Å². The summed E-state index contributed by atoms with van der Waals surface area (Å²) in [6, 6.07) is 10.1. The summed E-state index contributed by atoms with van der Waals surface area (Å²) in [6.45, 7) is 6.77. The van der Waals surface area contributed by atoms with E-state index in [0.29, 0.717) is 11.3 Å². The smallest absolute Gasteiger partial charge is 0.222 e. The Morgan fingerprint density at radius 3 is 2.71 bits per heavy atom. The second-order valence-corrected chi connectivity index (χ2v) is 8.77. The molecule has 0 aliphatic carbocycles. The highest BCUT2D eigenvalue weighted by Gasteiger charge is 2.41. The van der Waals surface area contributed by atoms with E-state index in [0.717, 1.165) is 83.8 Å². The van der Waals surface area contributed by atoms with Gasteiger partial charge in [0.2, 0.25) is 5.91 Å². The minimum atomic E-state index is 0.267. The standard InChI is InChI=1S/C23H34N2O3/c26-22-9-10-23(19-25(22)18-21-8-4-16-28-21)11-14-24(15-12-23)13-5-17-27-20-6-2-1-3-7-20/h1-3,6-7,21H,4-5,8-19H2. The number of benzene rings is 1. The maximum atomic E-state index is 12.4. The van der Waals surface area contributed by atoms with Crippen LogP contribution in [0.1, 0.15) is 44.9 Å². The van der Waals surface area contributed by atoms with Gasteiger partial charge >= 0.3 is 0 Å². The highest BCUT2D eigenvalue weighted by atomic mass is 16.5. The van der Waals surface area contributed by atoms with Crippen LogP contribution >= 0.6 is 0 Å². The molecule has 0 bridgehead atoms. The van der Waals surface area contributed by atoms with Crippen LogP contribution in [0.2, 0.25) is 0 Å². The summed E-state index contributed by atoms with van der Waals surface area (Å²) in [5.41, 5.74) is 0.337. The molecule has 1 atom stereocenters. The molecular formula is C23H34N2O3. The third-order valence-corrected chi connectivity index (χ3v) is 6.74.